The maximum Gasteiger partial charge on any atom is 0.135 e. The first-order chi connectivity index (χ1) is 14.3. The van der Waals surface area contributed by atoms with E-state index in [1.807, 2.05) is 42.5 Å². The first kappa shape index (κ1) is 17.7. The van der Waals surface area contributed by atoms with Crippen molar-refractivity contribution in [3.63, 3.8) is 0 Å². The lowest BCUT2D eigenvalue weighted by molar-refractivity contribution is 0.483. The first-order valence-electron chi connectivity index (χ1n) is 10.2. The van der Waals surface area contributed by atoms with Crippen LogP contribution in [0.5, 0.6) is 11.5 Å². The lowest BCUT2D eigenvalue weighted by Gasteiger charge is -2.16. The van der Waals surface area contributed by atoms with Crippen molar-refractivity contribution in [3.8, 4) is 22.6 Å². The van der Waals surface area contributed by atoms with Crippen LogP contribution in [0.2, 0.25) is 0 Å². The first-order valence-corrected chi connectivity index (χ1v) is 10.2. The minimum Gasteiger partial charge on any atom is -0.457 e. The Kier molecular flexibility index (Phi) is 4.60. The summed E-state index contributed by atoms with van der Waals surface area (Å²) < 4.78 is 5.92. The van der Waals surface area contributed by atoms with Crippen molar-refractivity contribution < 1.29 is 4.74 Å². The molecule has 29 heavy (non-hydrogen) atoms. The van der Waals surface area contributed by atoms with Gasteiger partial charge in [0.05, 0.1) is 10.9 Å². The monoisotopic (exact) mass is 381 g/mol. The van der Waals surface area contributed by atoms with Crippen LogP contribution in [0, 0.1) is 0 Å². The number of benzene rings is 3. The topological polar surface area (TPSA) is 61.0 Å². The molecule has 0 amide bonds. The fourth-order valence-electron chi connectivity index (χ4n) is 4.35. The molecular weight excluding hydrogens is 358 g/mol. The van der Waals surface area contributed by atoms with Crippen molar-refractivity contribution in [2.24, 2.45) is 0 Å². The molecule has 0 atom stereocenters. The van der Waals surface area contributed by atoms with Crippen molar-refractivity contribution in [2.45, 2.75) is 31.6 Å². The molecule has 2 N–H and O–H groups in total. The fraction of sp³-hybridized carbons (Fsp3) is 0.200. The molecular formula is C25H23N3O. The smallest absolute Gasteiger partial charge is 0.135 e. The second kappa shape index (κ2) is 7.55. The molecule has 0 bridgehead atoms. The molecule has 0 radical (unpaired) electrons. The van der Waals surface area contributed by atoms with Crippen LogP contribution in [0.1, 0.15) is 37.2 Å². The molecule has 1 fully saturated rings. The Labute approximate surface area is 170 Å². The van der Waals surface area contributed by atoms with Crippen molar-refractivity contribution in [1.82, 2.24) is 9.97 Å². The van der Waals surface area contributed by atoms with Crippen molar-refractivity contribution >= 4 is 16.7 Å². The molecule has 0 saturated heterocycles. The van der Waals surface area contributed by atoms with Crippen LogP contribution in [0.25, 0.3) is 22.0 Å². The average molecular weight is 381 g/mol. The van der Waals surface area contributed by atoms with Crippen LogP contribution < -0.4 is 10.5 Å². The second-order valence-electron chi connectivity index (χ2n) is 7.61. The number of aromatic nitrogens is 2. The summed E-state index contributed by atoms with van der Waals surface area (Å²) in [7, 11) is 0. The highest BCUT2D eigenvalue weighted by Gasteiger charge is 2.22. The van der Waals surface area contributed by atoms with Gasteiger partial charge in [0, 0.05) is 0 Å². The number of nitrogens with two attached hydrogens (primary N) is 1. The summed E-state index contributed by atoms with van der Waals surface area (Å²) >= 11 is 0. The van der Waals surface area contributed by atoms with Crippen LogP contribution in [0.3, 0.4) is 0 Å². The Bertz CT molecular complexity index is 1130. The molecule has 3 aromatic carbocycles. The molecule has 1 aliphatic rings. The van der Waals surface area contributed by atoms with Gasteiger partial charge in [0.1, 0.15) is 23.6 Å². The van der Waals surface area contributed by atoms with Gasteiger partial charge in [0.25, 0.3) is 0 Å². The van der Waals surface area contributed by atoms with Gasteiger partial charge >= 0.3 is 0 Å². The number of fused-ring (bicyclic) bond motifs is 1. The summed E-state index contributed by atoms with van der Waals surface area (Å²) in [5.41, 5.74) is 10.8. The maximum atomic E-state index is 6.32. The Morgan fingerprint density at radius 2 is 1.52 bits per heavy atom. The zero-order valence-electron chi connectivity index (χ0n) is 16.2. The van der Waals surface area contributed by atoms with Gasteiger partial charge in [-0.1, -0.05) is 55.3 Å². The largest absolute Gasteiger partial charge is 0.457 e. The summed E-state index contributed by atoms with van der Waals surface area (Å²) in [6, 6.07) is 22.3. The lowest BCUT2D eigenvalue weighted by atomic mass is 9.91. The Morgan fingerprint density at radius 1 is 0.793 bits per heavy atom. The third kappa shape index (κ3) is 3.42. The summed E-state index contributed by atoms with van der Waals surface area (Å²) in [5, 5.41) is 0.952. The van der Waals surface area contributed by atoms with Crippen LogP contribution in [-0.2, 0) is 0 Å². The molecule has 1 heterocycles. The summed E-state index contributed by atoms with van der Waals surface area (Å²) in [4.78, 5) is 8.91. The van der Waals surface area contributed by atoms with Gasteiger partial charge in [-0.25, -0.2) is 9.97 Å². The zero-order valence-corrected chi connectivity index (χ0v) is 16.2. The van der Waals surface area contributed by atoms with Gasteiger partial charge in [0.2, 0.25) is 0 Å². The predicted octanol–water partition coefficient (Wildman–Crippen LogP) is 6.33. The number of rotatable bonds is 4. The minimum atomic E-state index is 0.537. The van der Waals surface area contributed by atoms with Gasteiger partial charge in [-0.2, -0.15) is 0 Å². The molecule has 4 heteroatoms. The molecule has 0 spiro atoms. The Hall–Kier alpha value is -3.40. The fourth-order valence-corrected chi connectivity index (χ4v) is 4.35. The SMILES string of the molecule is Nc1ncnc2c(C3CCCC3)ccc(-c3ccc(Oc4ccccc4)cc3)c12. The van der Waals surface area contributed by atoms with E-state index in [4.69, 9.17) is 10.5 Å². The van der Waals surface area contributed by atoms with E-state index in [2.05, 4.69) is 34.2 Å². The molecule has 1 saturated carbocycles. The highest BCUT2D eigenvalue weighted by atomic mass is 16.5. The van der Waals surface area contributed by atoms with Gasteiger partial charge in [0.15, 0.2) is 0 Å². The van der Waals surface area contributed by atoms with Crippen LogP contribution >= 0.6 is 0 Å². The molecule has 144 valence electrons. The van der Waals surface area contributed by atoms with E-state index in [0.717, 1.165) is 33.5 Å². The third-order valence-electron chi connectivity index (χ3n) is 5.79. The standard InChI is InChI=1S/C25H23N3O/c26-25-23-21(14-15-22(17-6-4-5-7-17)24(23)27-16-28-25)18-10-12-20(13-11-18)29-19-8-2-1-3-9-19/h1-3,8-17H,4-7H2,(H2,26,27,28). The van der Waals surface area contributed by atoms with Gasteiger partial charge in [-0.15, -0.1) is 0 Å². The highest BCUT2D eigenvalue weighted by molar-refractivity contribution is 6.02. The highest BCUT2D eigenvalue weighted by Crippen LogP contribution is 2.41. The molecule has 5 rings (SSSR count). The molecule has 4 nitrogen and oxygen atoms in total. The quantitative estimate of drug-likeness (QED) is 0.449. The summed E-state index contributed by atoms with van der Waals surface area (Å²) in [6.45, 7) is 0. The second-order valence-corrected chi connectivity index (χ2v) is 7.61. The van der Waals surface area contributed by atoms with Crippen LogP contribution in [0.4, 0.5) is 5.82 Å². The summed E-state index contributed by atoms with van der Waals surface area (Å²) in [6.07, 6.45) is 6.61. The van der Waals surface area contributed by atoms with E-state index < -0.39 is 0 Å². The van der Waals surface area contributed by atoms with Gasteiger partial charge < -0.3 is 10.5 Å². The van der Waals surface area contributed by atoms with E-state index in [1.165, 1.54) is 31.2 Å². The number of ether oxygens (including phenoxy) is 1. The van der Waals surface area contributed by atoms with Crippen molar-refractivity contribution in [1.29, 1.82) is 0 Å². The zero-order chi connectivity index (χ0) is 19.6. The molecule has 0 aliphatic heterocycles. The predicted molar refractivity (Wildman–Crippen MR) is 117 cm³/mol. The van der Waals surface area contributed by atoms with E-state index in [9.17, 15) is 0 Å². The van der Waals surface area contributed by atoms with E-state index in [-0.39, 0.29) is 0 Å². The Morgan fingerprint density at radius 3 is 2.28 bits per heavy atom. The average Bonchev–Trinajstić information content (AvgIpc) is 3.29. The van der Waals surface area contributed by atoms with Crippen LogP contribution in [-0.4, -0.2) is 9.97 Å². The van der Waals surface area contributed by atoms with Crippen LogP contribution in [0.15, 0.2) is 73.1 Å². The Balaban J connectivity index is 1.54. The van der Waals surface area contributed by atoms with Crippen molar-refractivity contribution in [3.05, 3.63) is 78.6 Å². The number of hydrogen-bond donors (Lipinski definition) is 1. The van der Waals surface area contributed by atoms with E-state index >= 15 is 0 Å². The lowest BCUT2D eigenvalue weighted by Crippen LogP contribution is -2.01. The molecule has 1 aromatic heterocycles. The molecule has 4 aromatic rings. The summed E-state index contributed by atoms with van der Waals surface area (Å²) in [5.74, 6) is 2.73. The van der Waals surface area contributed by atoms with Gasteiger partial charge in [-0.05, 0) is 59.7 Å². The number of nitrogen functional groups attached to an aromatic ring is 1. The number of nitrogens with zero attached hydrogens (tertiary/aromatic N) is 2. The maximum absolute atomic E-state index is 6.32. The normalized spacial score (nSPS) is 14.3. The number of hydrogen-bond acceptors (Lipinski definition) is 4. The third-order valence-corrected chi connectivity index (χ3v) is 5.79. The number of para-hydroxylation sites is 1. The van der Waals surface area contributed by atoms with Crippen molar-refractivity contribution in [2.75, 3.05) is 5.73 Å². The molecule has 0 unspecified atom stereocenters. The molecule has 1 aliphatic carbocycles. The van der Waals surface area contributed by atoms with E-state index in [0.29, 0.717) is 11.7 Å². The van der Waals surface area contributed by atoms with E-state index in [1.54, 1.807) is 6.33 Å². The minimum absolute atomic E-state index is 0.537. The number of anilines is 1. The van der Waals surface area contributed by atoms with Gasteiger partial charge in [-0.3, -0.25) is 0 Å².